The number of aliphatic hydroxyl groups excluding tert-OH is 1. The van der Waals surface area contributed by atoms with Crippen molar-refractivity contribution in [3.63, 3.8) is 0 Å². The number of carbonyl (C=O) groups is 1. The summed E-state index contributed by atoms with van der Waals surface area (Å²) in [6.07, 6.45) is 3.95. The Morgan fingerprint density at radius 1 is 1.69 bits per heavy atom. The van der Waals surface area contributed by atoms with E-state index in [2.05, 4.69) is 11.3 Å². The van der Waals surface area contributed by atoms with Gasteiger partial charge in [-0.15, -0.1) is 6.58 Å². The lowest BCUT2D eigenvalue weighted by Gasteiger charge is -2.02. The summed E-state index contributed by atoms with van der Waals surface area (Å²) in [5.74, 6) is -0.326. The van der Waals surface area contributed by atoms with E-state index in [1.54, 1.807) is 13.0 Å². The second-order valence-corrected chi connectivity index (χ2v) is 2.76. The van der Waals surface area contributed by atoms with E-state index in [4.69, 9.17) is 5.11 Å². The number of rotatable bonds is 5. The van der Waals surface area contributed by atoms with Gasteiger partial charge in [-0.25, -0.2) is 4.79 Å². The van der Waals surface area contributed by atoms with E-state index in [0.29, 0.717) is 18.4 Å². The first kappa shape index (κ1) is 11.9. The summed E-state index contributed by atoms with van der Waals surface area (Å²) in [6, 6.07) is 0. The highest BCUT2D eigenvalue weighted by Crippen LogP contribution is 2.03. The minimum absolute atomic E-state index is 0.326. The maximum atomic E-state index is 10.9. The number of carbonyl (C=O) groups excluding carboxylic acids is 1. The smallest absolute Gasteiger partial charge is 0.333 e. The van der Waals surface area contributed by atoms with Gasteiger partial charge in [0.1, 0.15) is 0 Å². The molecule has 1 unspecified atom stereocenters. The van der Waals surface area contributed by atoms with Crippen LogP contribution < -0.4 is 0 Å². The van der Waals surface area contributed by atoms with Crippen molar-refractivity contribution in [3.8, 4) is 0 Å². The van der Waals surface area contributed by atoms with Crippen molar-refractivity contribution in [3.05, 3.63) is 24.3 Å². The van der Waals surface area contributed by atoms with Crippen LogP contribution in [-0.2, 0) is 9.53 Å². The number of ether oxygens (including phenoxy) is 1. The summed E-state index contributed by atoms with van der Waals surface area (Å²) in [4.78, 5) is 10.9. The molecule has 0 aromatic heterocycles. The lowest BCUT2D eigenvalue weighted by atomic mass is 10.1. The van der Waals surface area contributed by atoms with Crippen molar-refractivity contribution in [1.29, 1.82) is 0 Å². The van der Waals surface area contributed by atoms with Crippen molar-refractivity contribution in [1.82, 2.24) is 0 Å². The van der Waals surface area contributed by atoms with Gasteiger partial charge in [0.15, 0.2) is 0 Å². The molecule has 0 amide bonds. The molecule has 0 aliphatic heterocycles. The van der Waals surface area contributed by atoms with Crippen molar-refractivity contribution >= 4 is 5.97 Å². The third kappa shape index (κ3) is 5.20. The SMILES string of the molecule is C=CC(O)CCC=C(C)C(=O)OC. The third-order valence-electron chi connectivity index (χ3n) is 1.69. The molecule has 0 radical (unpaired) electrons. The van der Waals surface area contributed by atoms with Crippen LogP contribution in [-0.4, -0.2) is 24.3 Å². The van der Waals surface area contributed by atoms with Crippen LogP contribution in [0.4, 0.5) is 0 Å². The molecule has 0 aromatic rings. The van der Waals surface area contributed by atoms with Crippen LogP contribution in [0.5, 0.6) is 0 Å². The number of aliphatic hydroxyl groups is 1. The average Bonchev–Trinajstić information content (AvgIpc) is 2.15. The Labute approximate surface area is 78.7 Å². The van der Waals surface area contributed by atoms with Gasteiger partial charge < -0.3 is 9.84 Å². The van der Waals surface area contributed by atoms with E-state index in [9.17, 15) is 4.79 Å². The quantitative estimate of drug-likeness (QED) is 0.399. The summed E-state index contributed by atoms with van der Waals surface area (Å²) < 4.78 is 4.51. The molecule has 0 aliphatic rings. The molecule has 0 spiro atoms. The Kier molecular flexibility index (Phi) is 5.89. The Balaban J connectivity index is 3.84. The van der Waals surface area contributed by atoms with Crippen molar-refractivity contribution in [2.45, 2.75) is 25.9 Å². The molecule has 0 aliphatic carbocycles. The molecule has 0 saturated heterocycles. The van der Waals surface area contributed by atoms with Gasteiger partial charge in [-0.2, -0.15) is 0 Å². The standard InChI is InChI=1S/C10H16O3/c1-4-9(11)7-5-6-8(2)10(12)13-3/h4,6,9,11H,1,5,7H2,2-3H3. The average molecular weight is 184 g/mol. The van der Waals surface area contributed by atoms with Gasteiger partial charge in [-0.1, -0.05) is 12.2 Å². The second kappa shape index (κ2) is 6.43. The minimum Gasteiger partial charge on any atom is -0.466 e. The Morgan fingerprint density at radius 3 is 2.77 bits per heavy atom. The molecule has 0 saturated carbocycles. The lowest BCUT2D eigenvalue weighted by Crippen LogP contribution is -2.03. The van der Waals surface area contributed by atoms with Crippen molar-refractivity contribution < 1.29 is 14.6 Å². The molecular formula is C10H16O3. The van der Waals surface area contributed by atoms with E-state index >= 15 is 0 Å². The van der Waals surface area contributed by atoms with E-state index in [1.165, 1.54) is 13.2 Å². The fourth-order valence-corrected chi connectivity index (χ4v) is 0.833. The first-order valence-electron chi connectivity index (χ1n) is 4.17. The van der Waals surface area contributed by atoms with Crippen LogP contribution in [0.1, 0.15) is 19.8 Å². The van der Waals surface area contributed by atoms with Gasteiger partial charge in [0.05, 0.1) is 13.2 Å². The zero-order valence-corrected chi connectivity index (χ0v) is 8.12. The molecule has 3 nitrogen and oxygen atoms in total. The Morgan fingerprint density at radius 2 is 2.31 bits per heavy atom. The molecule has 0 bridgehead atoms. The predicted molar refractivity (Wildman–Crippen MR) is 51.2 cm³/mol. The van der Waals surface area contributed by atoms with E-state index in [-0.39, 0.29) is 5.97 Å². The van der Waals surface area contributed by atoms with E-state index in [0.717, 1.165) is 0 Å². The number of hydrogen-bond donors (Lipinski definition) is 1. The summed E-state index contributed by atoms with van der Waals surface area (Å²) >= 11 is 0. The van der Waals surface area contributed by atoms with Crippen LogP contribution in [0.25, 0.3) is 0 Å². The number of hydrogen-bond acceptors (Lipinski definition) is 3. The number of methoxy groups -OCH3 is 1. The topological polar surface area (TPSA) is 46.5 Å². The second-order valence-electron chi connectivity index (χ2n) is 2.76. The molecule has 1 atom stereocenters. The Hall–Kier alpha value is -1.09. The maximum Gasteiger partial charge on any atom is 0.333 e. The highest BCUT2D eigenvalue weighted by molar-refractivity contribution is 5.87. The van der Waals surface area contributed by atoms with Gasteiger partial charge in [0.2, 0.25) is 0 Å². The van der Waals surface area contributed by atoms with Crippen LogP contribution in [0.2, 0.25) is 0 Å². The molecule has 1 N–H and O–H groups in total. The van der Waals surface area contributed by atoms with Gasteiger partial charge >= 0.3 is 5.97 Å². The van der Waals surface area contributed by atoms with Gasteiger partial charge in [0, 0.05) is 5.57 Å². The largest absolute Gasteiger partial charge is 0.466 e. The Bertz CT molecular complexity index is 206. The summed E-state index contributed by atoms with van der Waals surface area (Å²) in [6.45, 7) is 5.13. The lowest BCUT2D eigenvalue weighted by molar-refractivity contribution is -0.136. The normalized spacial score (nSPS) is 13.6. The predicted octanol–water partition coefficient (Wildman–Crippen LogP) is 1.43. The van der Waals surface area contributed by atoms with Crippen molar-refractivity contribution in [2.24, 2.45) is 0 Å². The zero-order chi connectivity index (χ0) is 10.3. The van der Waals surface area contributed by atoms with E-state index in [1.807, 2.05) is 0 Å². The monoisotopic (exact) mass is 184 g/mol. The number of allylic oxidation sites excluding steroid dienone is 1. The molecule has 0 rings (SSSR count). The molecule has 13 heavy (non-hydrogen) atoms. The molecule has 74 valence electrons. The zero-order valence-electron chi connectivity index (χ0n) is 8.12. The van der Waals surface area contributed by atoms with Gasteiger partial charge in [0.25, 0.3) is 0 Å². The highest BCUT2D eigenvalue weighted by Gasteiger charge is 2.02. The van der Waals surface area contributed by atoms with Crippen LogP contribution in [0.3, 0.4) is 0 Å². The first-order valence-corrected chi connectivity index (χ1v) is 4.17. The first-order chi connectivity index (χ1) is 6.11. The minimum atomic E-state index is -0.498. The van der Waals surface area contributed by atoms with E-state index < -0.39 is 6.10 Å². The fraction of sp³-hybridized carbons (Fsp3) is 0.500. The maximum absolute atomic E-state index is 10.9. The molecule has 3 heteroatoms. The highest BCUT2D eigenvalue weighted by atomic mass is 16.5. The van der Waals surface area contributed by atoms with Crippen molar-refractivity contribution in [2.75, 3.05) is 7.11 Å². The molecule has 0 heterocycles. The van der Waals surface area contributed by atoms with Gasteiger partial charge in [-0.3, -0.25) is 0 Å². The summed E-state index contributed by atoms with van der Waals surface area (Å²) in [7, 11) is 1.35. The summed E-state index contributed by atoms with van der Waals surface area (Å²) in [5, 5.41) is 9.10. The van der Waals surface area contributed by atoms with Gasteiger partial charge in [-0.05, 0) is 19.8 Å². The summed E-state index contributed by atoms with van der Waals surface area (Å²) in [5.41, 5.74) is 0.568. The fourth-order valence-electron chi connectivity index (χ4n) is 0.833. The molecular weight excluding hydrogens is 168 g/mol. The molecule has 0 fully saturated rings. The van der Waals surface area contributed by atoms with Crippen LogP contribution in [0, 0.1) is 0 Å². The number of esters is 1. The van der Waals surface area contributed by atoms with Crippen LogP contribution in [0.15, 0.2) is 24.3 Å². The van der Waals surface area contributed by atoms with Crippen LogP contribution >= 0.6 is 0 Å². The molecule has 0 aromatic carbocycles. The third-order valence-corrected chi connectivity index (χ3v) is 1.69.